The Labute approximate surface area is 120 Å². The molecule has 1 heterocycles. The Morgan fingerprint density at radius 3 is 2.79 bits per heavy atom. The second-order valence-electron chi connectivity index (χ2n) is 3.85. The second kappa shape index (κ2) is 6.54. The van der Waals surface area contributed by atoms with Gasteiger partial charge < -0.3 is 5.32 Å². The topological polar surface area (TPSA) is 54.9 Å². The summed E-state index contributed by atoms with van der Waals surface area (Å²) in [5.74, 6) is 0.108. The van der Waals surface area contributed by atoms with E-state index in [1.807, 2.05) is 19.1 Å². The molecule has 0 unspecified atom stereocenters. The van der Waals surface area contributed by atoms with E-state index in [1.165, 1.54) is 11.8 Å². The Balaban J connectivity index is 1.91. The maximum Gasteiger partial charge on any atom is 0.234 e. The lowest BCUT2D eigenvalue weighted by atomic mass is 10.2. The molecule has 0 atom stereocenters. The van der Waals surface area contributed by atoms with E-state index in [4.69, 9.17) is 11.6 Å². The van der Waals surface area contributed by atoms with E-state index in [1.54, 1.807) is 24.5 Å². The van der Waals surface area contributed by atoms with Crippen LogP contribution in [0.1, 0.15) is 5.56 Å². The first-order valence-electron chi connectivity index (χ1n) is 5.61. The average molecular weight is 294 g/mol. The molecule has 6 heteroatoms. The molecule has 1 N–H and O–H groups in total. The number of hydrogen-bond donors (Lipinski definition) is 1. The van der Waals surface area contributed by atoms with Crippen molar-refractivity contribution in [2.24, 2.45) is 0 Å². The van der Waals surface area contributed by atoms with Crippen molar-refractivity contribution in [3.63, 3.8) is 0 Å². The molecule has 0 aliphatic rings. The van der Waals surface area contributed by atoms with Gasteiger partial charge in [-0.05, 0) is 30.7 Å². The Morgan fingerprint density at radius 1 is 1.37 bits per heavy atom. The largest absolute Gasteiger partial charge is 0.324 e. The van der Waals surface area contributed by atoms with Crippen molar-refractivity contribution in [2.75, 3.05) is 11.1 Å². The number of amides is 1. The highest BCUT2D eigenvalue weighted by atomic mass is 35.5. The lowest BCUT2D eigenvalue weighted by Crippen LogP contribution is -2.14. The van der Waals surface area contributed by atoms with Crippen LogP contribution >= 0.6 is 23.4 Å². The summed E-state index contributed by atoms with van der Waals surface area (Å²) < 4.78 is 0. The van der Waals surface area contributed by atoms with Gasteiger partial charge in [-0.15, -0.1) is 0 Å². The molecular weight excluding hydrogens is 282 g/mol. The fraction of sp³-hybridized carbons (Fsp3) is 0.154. The zero-order valence-electron chi connectivity index (χ0n) is 10.3. The molecule has 2 aromatic rings. The molecule has 2 rings (SSSR count). The smallest absolute Gasteiger partial charge is 0.234 e. The molecule has 0 bridgehead atoms. The number of carbonyl (C=O) groups excluding carboxylic acids is 1. The molecule has 1 amide bonds. The van der Waals surface area contributed by atoms with Crippen LogP contribution in [-0.2, 0) is 4.79 Å². The van der Waals surface area contributed by atoms with Gasteiger partial charge in [0.2, 0.25) is 5.91 Å². The molecule has 0 aliphatic carbocycles. The molecule has 0 saturated heterocycles. The summed E-state index contributed by atoms with van der Waals surface area (Å²) in [7, 11) is 0. The quantitative estimate of drug-likeness (QED) is 0.695. The number of carbonyl (C=O) groups is 1. The third kappa shape index (κ3) is 4.22. The zero-order chi connectivity index (χ0) is 13.7. The van der Waals surface area contributed by atoms with Crippen LogP contribution in [0.25, 0.3) is 0 Å². The van der Waals surface area contributed by atoms with Crippen LogP contribution in [0.5, 0.6) is 0 Å². The number of hydrogen-bond acceptors (Lipinski definition) is 4. The number of rotatable bonds is 4. The number of aryl methyl sites for hydroxylation is 1. The number of thioether (sulfide) groups is 1. The molecule has 1 aromatic heterocycles. The van der Waals surface area contributed by atoms with Gasteiger partial charge in [-0.3, -0.25) is 4.79 Å². The summed E-state index contributed by atoms with van der Waals surface area (Å²) in [5.41, 5.74) is 1.67. The van der Waals surface area contributed by atoms with Gasteiger partial charge in [-0.25, -0.2) is 9.97 Å². The minimum absolute atomic E-state index is 0.136. The van der Waals surface area contributed by atoms with Crippen LogP contribution in [0.15, 0.2) is 41.8 Å². The molecule has 98 valence electrons. The van der Waals surface area contributed by atoms with Crippen molar-refractivity contribution in [3.8, 4) is 0 Å². The van der Waals surface area contributed by atoms with Crippen LogP contribution < -0.4 is 5.32 Å². The summed E-state index contributed by atoms with van der Waals surface area (Å²) in [4.78, 5) is 19.8. The summed E-state index contributed by atoms with van der Waals surface area (Å²) in [6, 6.07) is 7.23. The normalized spacial score (nSPS) is 10.2. The van der Waals surface area contributed by atoms with Crippen LogP contribution in [-0.4, -0.2) is 21.6 Å². The molecule has 0 radical (unpaired) electrons. The number of nitrogens with zero attached hydrogens (tertiary/aromatic N) is 2. The van der Waals surface area contributed by atoms with Crippen molar-refractivity contribution < 1.29 is 4.79 Å². The van der Waals surface area contributed by atoms with E-state index in [9.17, 15) is 4.79 Å². The highest BCUT2D eigenvalue weighted by molar-refractivity contribution is 7.99. The van der Waals surface area contributed by atoms with Crippen molar-refractivity contribution in [1.29, 1.82) is 0 Å². The zero-order valence-corrected chi connectivity index (χ0v) is 11.8. The fourth-order valence-corrected chi connectivity index (χ4v) is 2.28. The first-order chi connectivity index (χ1) is 9.15. The van der Waals surface area contributed by atoms with Crippen LogP contribution in [0, 0.1) is 6.92 Å². The molecular formula is C13H12ClN3OS. The van der Waals surface area contributed by atoms with E-state index in [0.29, 0.717) is 15.9 Å². The summed E-state index contributed by atoms with van der Waals surface area (Å²) in [6.45, 7) is 1.94. The average Bonchev–Trinajstić information content (AvgIpc) is 2.41. The van der Waals surface area contributed by atoms with Crippen molar-refractivity contribution in [2.45, 2.75) is 12.1 Å². The minimum atomic E-state index is -0.136. The van der Waals surface area contributed by atoms with Crippen LogP contribution in [0.2, 0.25) is 5.02 Å². The molecule has 0 saturated carbocycles. The number of halogens is 1. The van der Waals surface area contributed by atoms with Gasteiger partial charge >= 0.3 is 0 Å². The first-order valence-corrected chi connectivity index (χ1v) is 6.97. The molecule has 0 fully saturated rings. The van der Waals surface area contributed by atoms with Gasteiger partial charge in [0, 0.05) is 12.4 Å². The summed E-state index contributed by atoms with van der Waals surface area (Å²) in [5, 5.41) is 3.87. The predicted octanol–water partition coefficient (Wildman–Crippen LogP) is 3.17. The number of anilines is 1. The highest BCUT2D eigenvalue weighted by Gasteiger charge is 2.07. The maximum absolute atomic E-state index is 11.8. The van der Waals surface area contributed by atoms with E-state index in [2.05, 4.69) is 15.3 Å². The van der Waals surface area contributed by atoms with Gasteiger partial charge in [0.25, 0.3) is 0 Å². The Morgan fingerprint density at radius 2 is 2.11 bits per heavy atom. The lowest BCUT2D eigenvalue weighted by Gasteiger charge is -2.07. The van der Waals surface area contributed by atoms with Crippen LogP contribution in [0.3, 0.4) is 0 Å². The SMILES string of the molecule is Cc1ccc(NC(=O)CSc2ncccn2)c(Cl)c1. The van der Waals surface area contributed by atoms with Gasteiger partial charge in [-0.1, -0.05) is 29.4 Å². The van der Waals surface area contributed by atoms with E-state index in [-0.39, 0.29) is 11.7 Å². The monoisotopic (exact) mass is 293 g/mol. The third-order valence-corrected chi connectivity index (χ3v) is 3.46. The van der Waals surface area contributed by atoms with Gasteiger partial charge in [0.05, 0.1) is 16.5 Å². The van der Waals surface area contributed by atoms with Gasteiger partial charge in [-0.2, -0.15) is 0 Å². The van der Waals surface area contributed by atoms with E-state index >= 15 is 0 Å². The van der Waals surface area contributed by atoms with Gasteiger partial charge in [0.1, 0.15) is 0 Å². The number of nitrogens with one attached hydrogen (secondary N) is 1. The molecule has 19 heavy (non-hydrogen) atoms. The van der Waals surface area contributed by atoms with Gasteiger partial charge in [0.15, 0.2) is 5.16 Å². The second-order valence-corrected chi connectivity index (χ2v) is 5.20. The van der Waals surface area contributed by atoms with Crippen molar-refractivity contribution in [3.05, 3.63) is 47.2 Å². The van der Waals surface area contributed by atoms with Crippen LogP contribution in [0.4, 0.5) is 5.69 Å². The number of aromatic nitrogens is 2. The first kappa shape index (κ1) is 13.8. The Hall–Kier alpha value is -1.59. The van der Waals surface area contributed by atoms with Crippen molar-refractivity contribution in [1.82, 2.24) is 9.97 Å². The lowest BCUT2D eigenvalue weighted by molar-refractivity contribution is -0.113. The predicted molar refractivity (Wildman–Crippen MR) is 77.6 cm³/mol. The minimum Gasteiger partial charge on any atom is -0.324 e. The molecule has 0 aliphatic heterocycles. The summed E-state index contributed by atoms with van der Waals surface area (Å²) >= 11 is 7.32. The fourth-order valence-electron chi connectivity index (χ4n) is 1.40. The Kier molecular flexibility index (Phi) is 4.76. The number of benzene rings is 1. The van der Waals surface area contributed by atoms with E-state index in [0.717, 1.165) is 5.56 Å². The molecule has 1 aromatic carbocycles. The highest BCUT2D eigenvalue weighted by Crippen LogP contribution is 2.23. The Bertz CT molecular complexity index is 577. The van der Waals surface area contributed by atoms with Crippen molar-refractivity contribution >= 4 is 35.0 Å². The molecule has 0 spiro atoms. The maximum atomic E-state index is 11.8. The summed E-state index contributed by atoms with van der Waals surface area (Å²) in [6.07, 6.45) is 3.29. The standard InChI is InChI=1S/C13H12ClN3OS/c1-9-3-4-11(10(14)7-9)17-12(18)8-19-13-15-5-2-6-16-13/h2-7H,8H2,1H3,(H,17,18). The van der Waals surface area contributed by atoms with E-state index < -0.39 is 0 Å². The third-order valence-electron chi connectivity index (χ3n) is 2.27. The molecule has 4 nitrogen and oxygen atoms in total.